The molecule has 1 aliphatic carbocycles. The molecule has 1 saturated heterocycles. The van der Waals surface area contributed by atoms with Crippen molar-refractivity contribution in [1.29, 1.82) is 0 Å². The van der Waals surface area contributed by atoms with Crippen LogP contribution < -0.4 is 26.6 Å². The molecule has 3 rings (SSSR count). The number of fused-ring (bicyclic) bond motifs is 2. The van der Waals surface area contributed by atoms with Crippen LogP contribution in [0, 0.1) is 5.41 Å². The van der Waals surface area contributed by atoms with E-state index in [0.29, 0.717) is 18.7 Å². The molecule has 5 unspecified atom stereocenters. The van der Waals surface area contributed by atoms with Gasteiger partial charge >= 0.3 is 0 Å². The van der Waals surface area contributed by atoms with Gasteiger partial charge in [0.1, 0.15) is 30.0 Å². The van der Waals surface area contributed by atoms with Crippen LogP contribution in [0.1, 0.15) is 70.6 Å². The molecule has 0 radical (unpaired) electrons. The molecule has 2 aliphatic heterocycles. The Morgan fingerprint density at radius 1 is 1.21 bits per heavy atom. The molecule has 0 aromatic heterocycles. The highest BCUT2D eigenvalue weighted by Gasteiger charge is 2.49. The molecular formula is C24H40N5O8P-2. The van der Waals surface area contributed by atoms with Gasteiger partial charge in [-0.15, -0.1) is 0 Å². The maximum Gasteiger partial charge on any atom is 0.238 e. The number of phosphoric ester groups is 1. The molecule has 2 bridgehead atoms. The molecule has 5 atom stereocenters. The van der Waals surface area contributed by atoms with Crippen LogP contribution in [0.4, 0.5) is 0 Å². The van der Waals surface area contributed by atoms with E-state index in [0.717, 1.165) is 56.9 Å². The number of aliphatic hydroxyl groups is 2. The number of aliphatic imine (C=N–C) groups is 1. The van der Waals surface area contributed by atoms with E-state index >= 15 is 0 Å². The Bertz CT molecular complexity index is 985. The first-order chi connectivity index (χ1) is 17.9. The summed E-state index contributed by atoms with van der Waals surface area (Å²) in [4.78, 5) is 40.8. The third-order valence-corrected chi connectivity index (χ3v) is 8.23. The standard InChI is InChI=1S/C24H42N5O8P/c1-27-19(21(26)29(2)22-18(31)17(30)16(37-22)14-36-38(33,34)35)24-12-10-8-6-4-3-5-7-9-11-15(13-24)20(25)28-23(24)32/h16-18,22,30-31H,1,3-14,25-26H2,2H3,(H,28,32)(H2,33,34,35)/p-2/b21-19-. The third kappa shape index (κ3) is 6.95. The molecule has 0 aromatic rings. The van der Waals surface area contributed by atoms with Crippen LogP contribution in [-0.2, 0) is 18.6 Å². The fraction of sp³-hybridized carbons (Fsp3) is 0.750. The van der Waals surface area contributed by atoms with E-state index in [4.69, 9.17) is 16.2 Å². The van der Waals surface area contributed by atoms with E-state index in [1.807, 2.05) is 0 Å². The number of hydrogen-bond acceptors (Lipinski definition) is 12. The molecule has 38 heavy (non-hydrogen) atoms. The lowest BCUT2D eigenvalue weighted by Gasteiger charge is -2.40. The first kappa shape index (κ1) is 30.6. The number of nitrogens with zero attached hydrogens (tertiary/aromatic N) is 2. The lowest BCUT2D eigenvalue weighted by Crippen LogP contribution is -2.50. The Hall–Kier alpha value is -1.99. The van der Waals surface area contributed by atoms with E-state index in [-0.39, 0.29) is 17.4 Å². The van der Waals surface area contributed by atoms with Gasteiger partial charge < -0.3 is 55.5 Å². The molecule has 216 valence electrons. The van der Waals surface area contributed by atoms with Crippen LogP contribution in [0.3, 0.4) is 0 Å². The highest BCUT2D eigenvalue weighted by Crippen LogP contribution is 2.46. The highest BCUT2D eigenvalue weighted by molar-refractivity contribution is 7.43. The summed E-state index contributed by atoms with van der Waals surface area (Å²) in [7, 11) is -3.83. The zero-order valence-electron chi connectivity index (χ0n) is 21.8. The maximum absolute atomic E-state index is 13.6. The zero-order valence-corrected chi connectivity index (χ0v) is 22.7. The molecule has 14 heteroatoms. The topological polar surface area (TPSA) is 219 Å². The van der Waals surface area contributed by atoms with E-state index in [1.165, 1.54) is 18.4 Å². The number of carbonyl (C=O) groups excluding carboxylic acids is 1. The number of hydrogen-bond donors (Lipinski definition) is 5. The number of ether oxygens (including phenoxy) is 1. The quantitative estimate of drug-likeness (QED) is 0.201. The minimum Gasteiger partial charge on any atom is -0.790 e. The number of allylic oxidation sites excluding steroid dienone is 1. The predicted octanol–water partition coefficient (Wildman–Crippen LogP) is -0.370. The van der Waals surface area contributed by atoms with E-state index in [2.05, 4.69) is 21.6 Å². The highest BCUT2D eigenvalue weighted by atomic mass is 31.2. The van der Waals surface area contributed by atoms with E-state index < -0.39 is 44.4 Å². The molecule has 0 aromatic carbocycles. The van der Waals surface area contributed by atoms with Crippen molar-refractivity contribution in [3.63, 3.8) is 0 Å². The van der Waals surface area contributed by atoms with Gasteiger partial charge in [0.2, 0.25) is 5.91 Å². The minimum atomic E-state index is -5.32. The average Bonchev–Trinajstić information content (AvgIpc) is 3.15. The zero-order chi connectivity index (χ0) is 28.1. The summed E-state index contributed by atoms with van der Waals surface area (Å²) in [6.07, 6.45) is 4.10. The largest absolute Gasteiger partial charge is 0.790 e. The third-order valence-electron chi connectivity index (χ3n) is 7.76. The van der Waals surface area contributed by atoms with Crippen molar-refractivity contribution < 1.29 is 38.6 Å². The summed E-state index contributed by atoms with van der Waals surface area (Å²) < 4.78 is 20.7. The van der Waals surface area contributed by atoms with Crippen LogP contribution >= 0.6 is 7.82 Å². The molecule has 0 spiro atoms. The van der Waals surface area contributed by atoms with Gasteiger partial charge in [0.05, 0.1) is 25.5 Å². The molecule has 3 aliphatic rings. The summed E-state index contributed by atoms with van der Waals surface area (Å²) in [5.74, 6) is 0.00836. The number of nitrogens with two attached hydrogens (primary N) is 2. The number of amides is 1. The van der Waals surface area contributed by atoms with Crippen molar-refractivity contribution in [2.75, 3.05) is 13.7 Å². The average molecular weight is 558 g/mol. The van der Waals surface area contributed by atoms with Crippen molar-refractivity contribution in [3.8, 4) is 0 Å². The van der Waals surface area contributed by atoms with Gasteiger partial charge in [0.25, 0.3) is 0 Å². The molecule has 1 saturated carbocycles. The Labute approximate surface area is 223 Å². The number of rotatable bonds is 7. The fourth-order valence-corrected chi connectivity index (χ4v) is 5.89. The van der Waals surface area contributed by atoms with Crippen molar-refractivity contribution in [2.45, 2.75) is 95.2 Å². The van der Waals surface area contributed by atoms with Crippen LogP contribution in [0.2, 0.25) is 0 Å². The van der Waals surface area contributed by atoms with Gasteiger partial charge in [-0.05, 0) is 38.0 Å². The van der Waals surface area contributed by atoms with E-state index in [9.17, 15) is 29.4 Å². The second-order valence-corrected chi connectivity index (χ2v) is 11.5. The number of carbonyl (C=O) groups is 1. The lowest BCUT2D eigenvalue weighted by atomic mass is 9.71. The Kier molecular flexibility index (Phi) is 10.4. The van der Waals surface area contributed by atoms with Crippen LogP contribution in [0.5, 0.6) is 0 Å². The molecule has 2 fully saturated rings. The number of phosphoric acid groups is 1. The summed E-state index contributed by atoms with van der Waals surface area (Å²) in [6.45, 7) is 2.92. The minimum absolute atomic E-state index is 0.00423. The number of aliphatic hydroxyl groups excluding tert-OH is 2. The van der Waals surface area contributed by atoms with E-state index in [1.54, 1.807) is 0 Å². The second-order valence-electron chi connectivity index (χ2n) is 10.4. The van der Waals surface area contributed by atoms with Crippen molar-refractivity contribution in [2.24, 2.45) is 21.9 Å². The first-order valence-electron chi connectivity index (χ1n) is 13.1. The first-order valence-corrected chi connectivity index (χ1v) is 14.5. The normalized spacial score (nSPS) is 32.4. The van der Waals surface area contributed by atoms with Gasteiger partial charge in [-0.3, -0.25) is 9.79 Å². The SMILES string of the molecule is C=N/C(=C(/N)N(C)C1OC(COP(=O)([O-])[O-])C(O)C1O)C12CCCCCCCCCCC(=C(N)NC1=O)C2. The Balaban J connectivity index is 1.94. The monoisotopic (exact) mass is 557 g/mol. The van der Waals surface area contributed by atoms with Crippen molar-refractivity contribution in [3.05, 3.63) is 22.9 Å². The van der Waals surface area contributed by atoms with Gasteiger partial charge in [0, 0.05) is 7.05 Å². The van der Waals surface area contributed by atoms with Crippen LogP contribution in [0.25, 0.3) is 0 Å². The molecule has 7 N–H and O–H groups in total. The second kappa shape index (κ2) is 12.9. The number of likely N-dealkylation sites (N-methyl/N-ethyl adjacent to an activating group) is 1. The Morgan fingerprint density at radius 2 is 1.82 bits per heavy atom. The maximum atomic E-state index is 13.6. The van der Waals surface area contributed by atoms with Gasteiger partial charge in [-0.25, -0.2) is 0 Å². The summed E-state index contributed by atoms with van der Waals surface area (Å²) in [5, 5.41) is 23.8. The summed E-state index contributed by atoms with van der Waals surface area (Å²) >= 11 is 0. The van der Waals surface area contributed by atoms with Crippen molar-refractivity contribution in [1.82, 2.24) is 10.2 Å². The smallest absolute Gasteiger partial charge is 0.238 e. The Morgan fingerprint density at radius 3 is 2.42 bits per heavy atom. The fourth-order valence-electron chi connectivity index (χ4n) is 5.56. The number of nitrogens with one attached hydrogen (secondary N) is 1. The summed E-state index contributed by atoms with van der Waals surface area (Å²) in [6, 6.07) is 0. The molecule has 2 heterocycles. The van der Waals surface area contributed by atoms with Gasteiger partial charge in [-0.2, -0.15) is 0 Å². The molecule has 1 amide bonds. The summed E-state index contributed by atoms with van der Waals surface area (Å²) in [5.41, 5.74) is 12.7. The predicted molar refractivity (Wildman–Crippen MR) is 135 cm³/mol. The molecule has 13 nitrogen and oxygen atoms in total. The van der Waals surface area contributed by atoms with Crippen molar-refractivity contribution >= 4 is 20.4 Å². The van der Waals surface area contributed by atoms with Gasteiger partial charge in [0.15, 0.2) is 6.23 Å². The van der Waals surface area contributed by atoms with Gasteiger partial charge in [-0.1, -0.05) is 44.9 Å². The van der Waals surface area contributed by atoms with Crippen LogP contribution in [0.15, 0.2) is 27.9 Å². The van der Waals surface area contributed by atoms with Crippen LogP contribution in [-0.4, -0.2) is 65.9 Å². The molecular weight excluding hydrogens is 517 g/mol. The lowest BCUT2D eigenvalue weighted by molar-refractivity contribution is -0.343.